The second-order valence-corrected chi connectivity index (χ2v) is 4.12. The molecule has 106 valence electrons. The highest BCUT2D eigenvalue weighted by atomic mass is 16.7. The van der Waals surface area contributed by atoms with Gasteiger partial charge in [0.15, 0.2) is 11.5 Å². The maximum absolute atomic E-state index is 11.8. The molecule has 3 amide bonds. The smallest absolute Gasteiger partial charge is 0.332 e. The van der Waals surface area contributed by atoms with Crippen LogP contribution in [0, 0.1) is 0 Å². The predicted molar refractivity (Wildman–Crippen MR) is 71.6 cm³/mol. The number of anilines is 1. The molecule has 0 spiro atoms. The molecule has 1 aliphatic rings. The number of hydrogen-bond donors (Lipinski definition) is 3. The summed E-state index contributed by atoms with van der Waals surface area (Å²) in [6.45, 7) is 1.78. The minimum atomic E-state index is -0.777. The first kappa shape index (κ1) is 13.7. The standard InChI is InChI=1S/C12H14N4O4/c1-7(15-16-12(13)18)4-11(17)14-8-2-3-9-10(5-8)20-6-19-9/h2-3,5H,4,6H2,1H3,(H,14,17)(H3,13,16,18)/b15-7+. The Morgan fingerprint density at radius 2 is 2.10 bits per heavy atom. The molecule has 4 N–H and O–H groups in total. The maximum Gasteiger partial charge on any atom is 0.332 e. The Morgan fingerprint density at radius 1 is 1.35 bits per heavy atom. The highest BCUT2D eigenvalue weighted by Crippen LogP contribution is 2.34. The Morgan fingerprint density at radius 3 is 2.85 bits per heavy atom. The van der Waals surface area contributed by atoms with Gasteiger partial charge in [0, 0.05) is 17.5 Å². The molecule has 8 nitrogen and oxygen atoms in total. The van der Waals surface area contributed by atoms with Gasteiger partial charge in [0.25, 0.3) is 0 Å². The van der Waals surface area contributed by atoms with Gasteiger partial charge in [-0.05, 0) is 19.1 Å². The summed E-state index contributed by atoms with van der Waals surface area (Å²) in [5.41, 5.74) is 7.95. The molecule has 0 radical (unpaired) electrons. The molecule has 20 heavy (non-hydrogen) atoms. The van der Waals surface area contributed by atoms with Crippen molar-refractivity contribution in [1.82, 2.24) is 5.43 Å². The van der Waals surface area contributed by atoms with Crippen molar-refractivity contribution < 1.29 is 19.1 Å². The number of nitrogens with one attached hydrogen (secondary N) is 2. The van der Waals surface area contributed by atoms with Gasteiger partial charge in [-0.15, -0.1) is 0 Å². The summed E-state index contributed by atoms with van der Waals surface area (Å²) in [5.74, 6) is 0.964. The van der Waals surface area contributed by atoms with Gasteiger partial charge in [-0.3, -0.25) is 4.79 Å². The summed E-state index contributed by atoms with van der Waals surface area (Å²) < 4.78 is 10.4. The van der Waals surface area contributed by atoms with Gasteiger partial charge in [0.2, 0.25) is 12.7 Å². The third-order valence-electron chi connectivity index (χ3n) is 2.43. The second kappa shape index (κ2) is 5.91. The quantitative estimate of drug-likeness (QED) is 0.557. The molecule has 0 aromatic heterocycles. The molecule has 0 bridgehead atoms. The predicted octanol–water partition coefficient (Wildman–Crippen LogP) is 0.788. The molecule has 0 fully saturated rings. The number of carbonyl (C=O) groups is 2. The van der Waals surface area contributed by atoms with Crippen LogP contribution in [0.25, 0.3) is 0 Å². The first-order valence-corrected chi connectivity index (χ1v) is 5.82. The zero-order chi connectivity index (χ0) is 14.5. The van der Waals surface area contributed by atoms with Crippen LogP contribution in [0.5, 0.6) is 11.5 Å². The van der Waals surface area contributed by atoms with E-state index < -0.39 is 6.03 Å². The van der Waals surface area contributed by atoms with Crippen LogP contribution >= 0.6 is 0 Å². The average molecular weight is 278 g/mol. The van der Waals surface area contributed by atoms with Crippen LogP contribution in [-0.2, 0) is 4.79 Å². The summed E-state index contributed by atoms with van der Waals surface area (Å²) in [5, 5.41) is 6.34. The van der Waals surface area contributed by atoms with Gasteiger partial charge in [-0.1, -0.05) is 0 Å². The number of ether oxygens (including phenoxy) is 2. The topological polar surface area (TPSA) is 115 Å². The zero-order valence-corrected chi connectivity index (χ0v) is 10.8. The Hall–Kier alpha value is -2.77. The van der Waals surface area contributed by atoms with E-state index in [4.69, 9.17) is 15.2 Å². The number of benzene rings is 1. The summed E-state index contributed by atoms with van der Waals surface area (Å²) in [6.07, 6.45) is 0.0364. The van der Waals surface area contributed by atoms with E-state index in [0.29, 0.717) is 22.9 Å². The van der Waals surface area contributed by atoms with Gasteiger partial charge in [0.05, 0.1) is 6.42 Å². The number of nitrogens with two attached hydrogens (primary N) is 1. The molecule has 2 rings (SSSR count). The van der Waals surface area contributed by atoms with E-state index in [-0.39, 0.29) is 19.1 Å². The SMILES string of the molecule is C/C(CC(=O)Nc1ccc2c(c1)OCO2)=N\NC(N)=O. The van der Waals surface area contributed by atoms with E-state index in [2.05, 4.69) is 15.8 Å². The number of nitrogens with zero attached hydrogens (tertiary/aromatic N) is 1. The Kier molecular flexibility index (Phi) is 4.04. The number of carbonyl (C=O) groups excluding carboxylic acids is 2. The Bertz CT molecular complexity index is 571. The van der Waals surface area contributed by atoms with Crippen LogP contribution in [0.1, 0.15) is 13.3 Å². The first-order valence-electron chi connectivity index (χ1n) is 5.82. The average Bonchev–Trinajstić information content (AvgIpc) is 2.83. The van der Waals surface area contributed by atoms with Crippen LogP contribution in [-0.4, -0.2) is 24.4 Å². The van der Waals surface area contributed by atoms with Crippen LogP contribution in [0.4, 0.5) is 10.5 Å². The van der Waals surface area contributed by atoms with Gasteiger partial charge >= 0.3 is 6.03 Å². The van der Waals surface area contributed by atoms with Crippen molar-refractivity contribution in [3.63, 3.8) is 0 Å². The van der Waals surface area contributed by atoms with Gasteiger partial charge in [-0.25, -0.2) is 10.2 Å². The van der Waals surface area contributed by atoms with Crippen LogP contribution in [0.15, 0.2) is 23.3 Å². The summed E-state index contributed by atoms with van der Waals surface area (Å²) in [4.78, 5) is 22.2. The summed E-state index contributed by atoms with van der Waals surface area (Å²) in [7, 11) is 0. The summed E-state index contributed by atoms with van der Waals surface area (Å²) >= 11 is 0. The number of amides is 3. The van der Waals surface area contributed by atoms with Crippen molar-refractivity contribution in [2.24, 2.45) is 10.8 Å². The maximum atomic E-state index is 11.8. The van der Waals surface area contributed by atoms with Gasteiger partial charge in [-0.2, -0.15) is 5.10 Å². The van der Waals surface area contributed by atoms with Crippen LogP contribution < -0.4 is 25.9 Å². The van der Waals surface area contributed by atoms with Crippen molar-refractivity contribution in [2.45, 2.75) is 13.3 Å². The van der Waals surface area contributed by atoms with E-state index in [1.807, 2.05) is 0 Å². The fourth-order valence-corrected chi connectivity index (χ4v) is 1.60. The highest BCUT2D eigenvalue weighted by Gasteiger charge is 2.14. The lowest BCUT2D eigenvalue weighted by Gasteiger charge is -2.06. The number of rotatable bonds is 4. The molecular weight excluding hydrogens is 264 g/mol. The van der Waals surface area contributed by atoms with Gasteiger partial charge in [0.1, 0.15) is 0 Å². The lowest BCUT2D eigenvalue weighted by Crippen LogP contribution is -2.26. The van der Waals surface area contributed by atoms with Crippen molar-refractivity contribution in [3.8, 4) is 11.5 Å². The molecule has 0 saturated heterocycles. The first-order chi connectivity index (χ1) is 9.54. The third kappa shape index (κ3) is 3.61. The molecule has 1 heterocycles. The molecule has 8 heteroatoms. The normalized spacial score (nSPS) is 12.9. The fraction of sp³-hybridized carbons (Fsp3) is 0.250. The molecule has 1 aromatic rings. The van der Waals surface area contributed by atoms with E-state index in [1.165, 1.54) is 0 Å². The number of urea groups is 1. The van der Waals surface area contributed by atoms with E-state index in [0.717, 1.165) is 0 Å². The van der Waals surface area contributed by atoms with Crippen molar-refractivity contribution in [3.05, 3.63) is 18.2 Å². The monoisotopic (exact) mass is 278 g/mol. The minimum absolute atomic E-state index is 0.0364. The zero-order valence-electron chi connectivity index (χ0n) is 10.8. The Labute approximate surface area is 114 Å². The molecule has 1 aliphatic heterocycles. The van der Waals surface area contributed by atoms with Crippen molar-refractivity contribution >= 4 is 23.3 Å². The highest BCUT2D eigenvalue weighted by molar-refractivity contribution is 6.05. The van der Waals surface area contributed by atoms with E-state index >= 15 is 0 Å². The van der Waals surface area contributed by atoms with E-state index in [9.17, 15) is 9.59 Å². The second-order valence-electron chi connectivity index (χ2n) is 4.12. The van der Waals surface area contributed by atoms with Crippen LogP contribution in [0.2, 0.25) is 0 Å². The number of primary amides is 1. The largest absolute Gasteiger partial charge is 0.454 e. The third-order valence-corrected chi connectivity index (χ3v) is 2.43. The van der Waals surface area contributed by atoms with Crippen molar-refractivity contribution in [1.29, 1.82) is 0 Å². The fourth-order valence-electron chi connectivity index (χ4n) is 1.60. The number of fused-ring (bicyclic) bond motifs is 1. The molecule has 0 atom stereocenters. The van der Waals surface area contributed by atoms with Crippen LogP contribution in [0.3, 0.4) is 0 Å². The lowest BCUT2D eigenvalue weighted by molar-refractivity contribution is -0.115. The molecule has 1 aromatic carbocycles. The molecule has 0 aliphatic carbocycles. The lowest BCUT2D eigenvalue weighted by atomic mass is 10.2. The molecular formula is C12H14N4O4. The molecule has 0 unspecified atom stereocenters. The number of hydrazone groups is 1. The minimum Gasteiger partial charge on any atom is -0.454 e. The van der Waals surface area contributed by atoms with E-state index in [1.54, 1.807) is 25.1 Å². The molecule has 0 saturated carbocycles. The van der Waals surface area contributed by atoms with Gasteiger partial charge < -0.3 is 20.5 Å². The summed E-state index contributed by atoms with van der Waals surface area (Å²) in [6, 6.07) is 4.32. The van der Waals surface area contributed by atoms with Crippen molar-refractivity contribution in [2.75, 3.05) is 12.1 Å². The number of hydrogen-bond acceptors (Lipinski definition) is 5. The Balaban J connectivity index is 1.91.